The molecule has 0 atom stereocenters. The highest BCUT2D eigenvalue weighted by Gasteiger charge is 2.35. The molecule has 0 amide bonds. The first-order chi connectivity index (χ1) is 9.77. The number of rotatable bonds is 3. The normalized spacial score (nSPS) is 11.5. The fourth-order valence-corrected chi connectivity index (χ4v) is 2.59. The fourth-order valence-electron chi connectivity index (χ4n) is 1.64. The minimum Gasteiger partial charge on any atom is -0.308 e. The molecule has 21 heavy (non-hydrogen) atoms. The minimum absolute atomic E-state index is 0.107. The zero-order chi connectivity index (χ0) is 15.6. The van der Waals surface area contributed by atoms with E-state index in [0.29, 0.717) is 5.03 Å². The van der Waals surface area contributed by atoms with E-state index in [1.807, 2.05) is 19.9 Å². The smallest absolute Gasteiger partial charge is 0.308 e. The number of pyridine rings is 1. The van der Waals surface area contributed by atoms with Crippen molar-refractivity contribution in [2.45, 2.75) is 30.1 Å². The van der Waals surface area contributed by atoms with Crippen molar-refractivity contribution >= 4 is 17.6 Å². The number of alkyl halides is 3. The van der Waals surface area contributed by atoms with E-state index in [1.54, 1.807) is 6.07 Å². The molecule has 0 aliphatic rings. The number of nitrogens with two attached hydrogens (primary N) is 1. The number of hydrogen-bond donors (Lipinski definition) is 2. The summed E-state index contributed by atoms with van der Waals surface area (Å²) in [6.45, 7) is 3.69. The Kier molecular flexibility index (Phi) is 4.33. The Labute approximate surface area is 123 Å². The van der Waals surface area contributed by atoms with E-state index >= 15 is 0 Å². The first-order valence-corrected chi connectivity index (χ1v) is 6.65. The topological polar surface area (TPSA) is 76.7 Å². The number of nitrogens with one attached hydrogen (secondary N) is 1. The van der Waals surface area contributed by atoms with Crippen LogP contribution in [0, 0.1) is 13.8 Å². The van der Waals surface area contributed by atoms with Gasteiger partial charge in [0.1, 0.15) is 15.9 Å². The van der Waals surface area contributed by atoms with Gasteiger partial charge in [0.15, 0.2) is 0 Å². The third kappa shape index (κ3) is 4.05. The monoisotopic (exact) mass is 315 g/mol. The molecule has 0 saturated carbocycles. The molecule has 5 nitrogen and oxygen atoms in total. The van der Waals surface area contributed by atoms with Crippen molar-refractivity contribution in [2.75, 3.05) is 5.43 Å². The molecule has 2 aromatic heterocycles. The van der Waals surface area contributed by atoms with Gasteiger partial charge >= 0.3 is 6.18 Å². The summed E-state index contributed by atoms with van der Waals surface area (Å²) in [4.78, 5) is 11.0. The second-order valence-corrected chi connectivity index (χ2v) is 5.32. The predicted octanol–water partition coefficient (Wildman–Crippen LogP) is 2.94. The molecule has 0 unspecified atom stereocenters. The quantitative estimate of drug-likeness (QED) is 0.515. The maximum Gasteiger partial charge on any atom is 0.451 e. The number of aromatic nitrogens is 3. The zero-order valence-electron chi connectivity index (χ0n) is 11.2. The Morgan fingerprint density at radius 1 is 1.05 bits per heavy atom. The van der Waals surface area contributed by atoms with Gasteiger partial charge in [0.2, 0.25) is 5.82 Å². The standard InChI is InChI=1S/C12H12F3N5S/c1-6-3-7(2)17-9(4-6)21-10-5-8(20-16)18-11(19-10)12(13,14)15/h3-5H,16H2,1-2H3,(H,18,19,20). The van der Waals surface area contributed by atoms with Crippen LogP contribution in [0.25, 0.3) is 0 Å². The van der Waals surface area contributed by atoms with Crippen molar-refractivity contribution in [2.24, 2.45) is 5.84 Å². The van der Waals surface area contributed by atoms with Gasteiger partial charge in [-0.2, -0.15) is 13.2 Å². The lowest BCUT2D eigenvalue weighted by atomic mass is 10.3. The van der Waals surface area contributed by atoms with Crippen LogP contribution in [-0.2, 0) is 6.18 Å². The Morgan fingerprint density at radius 2 is 1.71 bits per heavy atom. The van der Waals surface area contributed by atoms with Gasteiger partial charge in [0, 0.05) is 11.8 Å². The summed E-state index contributed by atoms with van der Waals surface area (Å²) >= 11 is 1.02. The second kappa shape index (κ2) is 5.86. The molecular weight excluding hydrogens is 303 g/mol. The van der Waals surface area contributed by atoms with Crippen LogP contribution in [-0.4, -0.2) is 15.0 Å². The van der Waals surface area contributed by atoms with Crippen LogP contribution in [0.4, 0.5) is 19.0 Å². The molecule has 3 N–H and O–H groups in total. The molecule has 0 saturated heterocycles. The molecule has 0 aliphatic carbocycles. The summed E-state index contributed by atoms with van der Waals surface area (Å²) in [7, 11) is 0. The number of hydrogen-bond acceptors (Lipinski definition) is 6. The Hall–Kier alpha value is -1.87. The van der Waals surface area contributed by atoms with Crippen molar-refractivity contribution in [3.63, 3.8) is 0 Å². The van der Waals surface area contributed by atoms with E-state index < -0.39 is 12.0 Å². The number of halogens is 3. The predicted molar refractivity (Wildman–Crippen MR) is 72.7 cm³/mol. The molecule has 2 rings (SSSR count). The maximum absolute atomic E-state index is 12.7. The molecule has 0 aromatic carbocycles. The Morgan fingerprint density at radius 3 is 2.29 bits per heavy atom. The average Bonchev–Trinajstić information content (AvgIpc) is 2.36. The van der Waals surface area contributed by atoms with Gasteiger partial charge in [0.05, 0.1) is 0 Å². The summed E-state index contributed by atoms with van der Waals surface area (Å²) in [5.74, 6) is 3.79. The van der Waals surface area contributed by atoms with Gasteiger partial charge in [0.25, 0.3) is 0 Å². The lowest BCUT2D eigenvalue weighted by Crippen LogP contribution is -2.16. The molecule has 0 spiro atoms. The Bertz CT molecular complexity index is 640. The van der Waals surface area contributed by atoms with E-state index in [9.17, 15) is 13.2 Å². The van der Waals surface area contributed by atoms with Crippen molar-refractivity contribution in [1.29, 1.82) is 0 Å². The SMILES string of the molecule is Cc1cc(C)nc(Sc2cc(NN)nc(C(F)(F)F)n2)c1. The number of nitrogen functional groups attached to an aromatic ring is 1. The van der Waals surface area contributed by atoms with Gasteiger partial charge in [-0.3, -0.25) is 0 Å². The van der Waals surface area contributed by atoms with Crippen LogP contribution < -0.4 is 11.3 Å². The van der Waals surface area contributed by atoms with Crippen LogP contribution in [0.2, 0.25) is 0 Å². The lowest BCUT2D eigenvalue weighted by Gasteiger charge is -2.09. The van der Waals surface area contributed by atoms with E-state index in [0.717, 1.165) is 23.0 Å². The summed E-state index contributed by atoms with van der Waals surface area (Å²) in [6.07, 6.45) is -4.64. The van der Waals surface area contributed by atoms with Gasteiger partial charge in [-0.25, -0.2) is 20.8 Å². The van der Waals surface area contributed by atoms with Crippen LogP contribution in [0.5, 0.6) is 0 Å². The van der Waals surface area contributed by atoms with Gasteiger partial charge in [-0.15, -0.1) is 0 Å². The first-order valence-electron chi connectivity index (χ1n) is 5.84. The largest absolute Gasteiger partial charge is 0.451 e. The highest BCUT2D eigenvalue weighted by atomic mass is 32.2. The highest BCUT2D eigenvalue weighted by Crippen LogP contribution is 2.31. The zero-order valence-corrected chi connectivity index (χ0v) is 12.0. The number of hydrazine groups is 1. The summed E-state index contributed by atoms with van der Waals surface area (Å²) in [5, 5.41) is 0.671. The second-order valence-electron chi connectivity index (χ2n) is 4.28. The molecule has 0 fully saturated rings. The van der Waals surface area contributed by atoms with Crippen molar-refractivity contribution in [3.05, 3.63) is 35.3 Å². The third-order valence-corrected chi connectivity index (χ3v) is 3.22. The summed E-state index contributed by atoms with van der Waals surface area (Å²) in [5.41, 5.74) is 3.85. The number of aryl methyl sites for hydroxylation is 2. The van der Waals surface area contributed by atoms with Crippen LogP contribution in [0.15, 0.2) is 28.3 Å². The minimum atomic E-state index is -4.64. The molecule has 0 radical (unpaired) electrons. The van der Waals surface area contributed by atoms with Crippen molar-refractivity contribution < 1.29 is 13.2 Å². The van der Waals surface area contributed by atoms with Crippen molar-refractivity contribution in [1.82, 2.24) is 15.0 Å². The molecular formula is C12H12F3N5S. The fraction of sp³-hybridized carbons (Fsp3) is 0.250. The third-order valence-electron chi connectivity index (χ3n) is 2.39. The lowest BCUT2D eigenvalue weighted by molar-refractivity contribution is -0.145. The maximum atomic E-state index is 12.7. The van der Waals surface area contributed by atoms with E-state index in [4.69, 9.17) is 5.84 Å². The van der Waals surface area contributed by atoms with Crippen molar-refractivity contribution in [3.8, 4) is 0 Å². The van der Waals surface area contributed by atoms with Crippen LogP contribution in [0.3, 0.4) is 0 Å². The van der Waals surface area contributed by atoms with Crippen LogP contribution in [0.1, 0.15) is 17.1 Å². The van der Waals surface area contributed by atoms with E-state index in [-0.39, 0.29) is 10.8 Å². The van der Waals surface area contributed by atoms with Gasteiger partial charge in [-0.1, -0.05) is 0 Å². The van der Waals surface area contributed by atoms with Gasteiger partial charge < -0.3 is 5.43 Å². The van der Waals surface area contributed by atoms with E-state index in [1.165, 1.54) is 6.07 Å². The molecule has 0 aliphatic heterocycles. The molecule has 9 heteroatoms. The number of anilines is 1. The molecule has 2 heterocycles. The molecule has 0 bridgehead atoms. The summed E-state index contributed by atoms with van der Waals surface area (Å²) < 4.78 is 38.2. The Balaban J connectivity index is 2.39. The molecule has 2 aromatic rings. The highest BCUT2D eigenvalue weighted by molar-refractivity contribution is 7.99. The van der Waals surface area contributed by atoms with E-state index in [2.05, 4.69) is 20.4 Å². The van der Waals surface area contributed by atoms with Gasteiger partial charge in [-0.05, 0) is 43.3 Å². The molecule has 112 valence electrons. The average molecular weight is 315 g/mol. The van der Waals surface area contributed by atoms with Crippen LogP contribution >= 0.6 is 11.8 Å². The number of nitrogens with zero attached hydrogens (tertiary/aromatic N) is 3. The summed E-state index contributed by atoms with van der Waals surface area (Å²) in [6, 6.07) is 4.97. The first kappa shape index (κ1) is 15.5.